The quantitative estimate of drug-likeness (QED) is 0.716. The van der Waals surface area contributed by atoms with Gasteiger partial charge < -0.3 is 14.8 Å². The molecule has 0 amide bonds. The number of aromatic carboxylic acids is 1. The standard InChI is InChI=1S/C16H15N3O4/c1-7(2)11-5-8-12(6-18-11)23-15-9(13(8)20)4-10(16(21)22)14(17-3)19-15/h4-7H,1-3H3,(H,17,19)(H,21,22). The van der Waals surface area contributed by atoms with Gasteiger partial charge in [-0.25, -0.2) is 4.79 Å². The number of carbonyl (C=O) groups is 1. The van der Waals surface area contributed by atoms with Crippen molar-refractivity contribution in [3.8, 4) is 0 Å². The van der Waals surface area contributed by atoms with Crippen molar-refractivity contribution < 1.29 is 14.3 Å². The summed E-state index contributed by atoms with van der Waals surface area (Å²) in [6.07, 6.45) is 1.50. The van der Waals surface area contributed by atoms with E-state index >= 15 is 0 Å². The molecule has 0 radical (unpaired) electrons. The van der Waals surface area contributed by atoms with E-state index in [-0.39, 0.29) is 33.8 Å². The van der Waals surface area contributed by atoms with Crippen LogP contribution in [0.2, 0.25) is 0 Å². The first-order valence-electron chi connectivity index (χ1n) is 7.11. The van der Waals surface area contributed by atoms with E-state index in [1.165, 1.54) is 12.3 Å². The molecule has 0 aromatic carbocycles. The van der Waals surface area contributed by atoms with Gasteiger partial charge in [-0.3, -0.25) is 9.78 Å². The van der Waals surface area contributed by atoms with Crippen LogP contribution in [0.25, 0.3) is 22.1 Å². The van der Waals surface area contributed by atoms with E-state index in [0.29, 0.717) is 11.0 Å². The Morgan fingerprint density at radius 2 is 2.04 bits per heavy atom. The van der Waals surface area contributed by atoms with Gasteiger partial charge in [0, 0.05) is 12.7 Å². The lowest BCUT2D eigenvalue weighted by Crippen LogP contribution is -2.10. The number of rotatable bonds is 3. The predicted octanol–water partition coefficient (Wildman–Crippen LogP) is 2.60. The highest BCUT2D eigenvalue weighted by molar-refractivity contribution is 5.98. The molecule has 23 heavy (non-hydrogen) atoms. The van der Waals surface area contributed by atoms with E-state index in [1.54, 1.807) is 13.1 Å². The third-order valence-corrected chi connectivity index (χ3v) is 3.63. The maximum absolute atomic E-state index is 12.7. The molecule has 0 saturated carbocycles. The first-order valence-corrected chi connectivity index (χ1v) is 7.11. The highest BCUT2D eigenvalue weighted by Crippen LogP contribution is 2.23. The molecule has 0 atom stereocenters. The van der Waals surface area contributed by atoms with E-state index in [2.05, 4.69) is 15.3 Å². The van der Waals surface area contributed by atoms with Crippen molar-refractivity contribution >= 4 is 33.9 Å². The Labute approximate surface area is 131 Å². The molecular formula is C16H15N3O4. The second kappa shape index (κ2) is 5.35. The molecule has 3 heterocycles. The van der Waals surface area contributed by atoms with Crippen molar-refractivity contribution in [2.75, 3.05) is 12.4 Å². The largest absolute Gasteiger partial charge is 0.478 e. The number of nitrogens with one attached hydrogen (secondary N) is 1. The molecule has 3 aromatic heterocycles. The van der Waals surface area contributed by atoms with Crippen LogP contribution >= 0.6 is 0 Å². The number of hydrogen-bond donors (Lipinski definition) is 2. The van der Waals surface area contributed by atoms with Gasteiger partial charge in [0.25, 0.3) is 0 Å². The number of nitrogens with zero attached hydrogens (tertiary/aromatic N) is 2. The number of carboxylic acids is 1. The van der Waals surface area contributed by atoms with Crippen molar-refractivity contribution in [3.63, 3.8) is 0 Å². The van der Waals surface area contributed by atoms with Crippen LogP contribution in [0.15, 0.2) is 27.5 Å². The molecule has 0 unspecified atom stereocenters. The lowest BCUT2D eigenvalue weighted by atomic mass is 10.1. The van der Waals surface area contributed by atoms with Crippen molar-refractivity contribution in [1.82, 2.24) is 9.97 Å². The summed E-state index contributed by atoms with van der Waals surface area (Å²) in [5.74, 6) is -0.867. The van der Waals surface area contributed by atoms with Crippen LogP contribution in [0.5, 0.6) is 0 Å². The minimum Gasteiger partial charge on any atom is -0.478 e. The number of carboxylic acid groups (broad SMARTS) is 1. The van der Waals surface area contributed by atoms with Crippen molar-refractivity contribution in [2.24, 2.45) is 0 Å². The van der Waals surface area contributed by atoms with Crippen LogP contribution in [0.1, 0.15) is 35.8 Å². The van der Waals surface area contributed by atoms with Crippen LogP contribution in [-0.4, -0.2) is 28.1 Å². The van der Waals surface area contributed by atoms with E-state index in [1.807, 2.05) is 13.8 Å². The molecule has 0 saturated heterocycles. The average molecular weight is 313 g/mol. The molecule has 3 aromatic rings. The van der Waals surface area contributed by atoms with Crippen LogP contribution < -0.4 is 10.7 Å². The maximum atomic E-state index is 12.7. The highest BCUT2D eigenvalue weighted by Gasteiger charge is 2.17. The van der Waals surface area contributed by atoms with Crippen molar-refractivity contribution in [1.29, 1.82) is 0 Å². The molecule has 118 valence electrons. The van der Waals surface area contributed by atoms with Gasteiger partial charge in [-0.15, -0.1) is 0 Å². The SMILES string of the molecule is CNc1nc2oc3cnc(C(C)C)cc3c(=O)c2cc1C(=O)O. The van der Waals surface area contributed by atoms with E-state index < -0.39 is 5.97 Å². The minimum absolute atomic E-state index is 0.0789. The van der Waals surface area contributed by atoms with Crippen LogP contribution in [-0.2, 0) is 0 Å². The summed E-state index contributed by atoms with van der Waals surface area (Å²) in [5.41, 5.74) is 0.774. The Balaban J connectivity index is 2.41. The summed E-state index contributed by atoms with van der Waals surface area (Å²) < 4.78 is 5.63. The molecule has 3 rings (SSSR count). The van der Waals surface area contributed by atoms with Crippen molar-refractivity contribution in [3.05, 3.63) is 39.8 Å². The number of fused-ring (bicyclic) bond motifs is 2. The fourth-order valence-electron chi connectivity index (χ4n) is 2.37. The van der Waals surface area contributed by atoms with Gasteiger partial charge in [0.05, 0.1) is 17.0 Å². The van der Waals surface area contributed by atoms with Gasteiger partial charge in [-0.05, 0) is 18.1 Å². The topological polar surface area (TPSA) is 105 Å². The molecule has 2 N–H and O–H groups in total. The van der Waals surface area contributed by atoms with Gasteiger partial charge in [0.15, 0.2) is 5.58 Å². The molecule has 7 nitrogen and oxygen atoms in total. The Morgan fingerprint density at radius 1 is 1.30 bits per heavy atom. The molecule has 0 fully saturated rings. The Morgan fingerprint density at radius 3 is 2.65 bits per heavy atom. The van der Waals surface area contributed by atoms with Gasteiger partial charge in [0.1, 0.15) is 11.4 Å². The Bertz CT molecular complexity index is 992. The van der Waals surface area contributed by atoms with Gasteiger partial charge in [0.2, 0.25) is 11.1 Å². The van der Waals surface area contributed by atoms with E-state index in [0.717, 1.165) is 5.69 Å². The normalized spacial score (nSPS) is 11.3. The molecule has 7 heteroatoms. The molecule has 0 spiro atoms. The average Bonchev–Trinajstić information content (AvgIpc) is 2.53. The second-order valence-corrected chi connectivity index (χ2v) is 5.48. The summed E-state index contributed by atoms with van der Waals surface area (Å²) >= 11 is 0. The lowest BCUT2D eigenvalue weighted by Gasteiger charge is -2.08. The summed E-state index contributed by atoms with van der Waals surface area (Å²) in [6.45, 7) is 3.94. The number of anilines is 1. The van der Waals surface area contributed by atoms with Crippen LogP contribution in [0, 0.1) is 0 Å². The van der Waals surface area contributed by atoms with Crippen molar-refractivity contribution in [2.45, 2.75) is 19.8 Å². The zero-order valence-electron chi connectivity index (χ0n) is 12.9. The molecule has 0 aliphatic rings. The Kier molecular flexibility index (Phi) is 3.48. The molecule has 0 aliphatic heterocycles. The monoisotopic (exact) mass is 313 g/mol. The number of aromatic nitrogens is 2. The third-order valence-electron chi connectivity index (χ3n) is 3.63. The molecule has 0 aliphatic carbocycles. The Hall–Kier alpha value is -2.96. The summed E-state index contributed by atoms with van der Waals surface area (Å²) in [6, 6.07) is 2.97. The second-order valence-electron chi connectivity index (χ2n) is 5.48. The first-order chi connectivity index (χ1) is 10.9. The van der Waals surface area contributed by atoms with Gasteiger partial charge in [-0.1, -0.05) is 13.8 Å². The minimum atomic E-state index is -1.17. The highest BCUT2D eigenvalue weighted by atomic mass is 16.4. The lowest BCUT2D eigenvalue weighted by molar-refractivity contribution is 0.0698. The zero-order valence-corrected chi connectivity index (χ0v) is 12.9. The fraction of sp³-hybridized carbons (Fsp3) is 0.250. The van der Waals surface area contributed by atoms with Gasteiger partial charge >= 0.3 is 5.97 Å². The molecule has 0 bridgehead atoms. The van der Waals surface area contributed by atoms with Crippen LogP contribution in [0.3, 0.4) is 0 Å². The maximum Gasteiger partial charge on any atom is 0.339 e. The van der Waals surface area contributed by atoms with E-state index in [4.69, 9.17) is 4.42 Å². The summed E-state index contributed by atoms with van der Waals surface area (Å²) in [4.78, 5) is 32.4. The predicted molar refractivity (Wildman–Crippen MR) is 86.2 cm³/mol. The third kappa shape index (κ3) is 2.40. The van der Waals surface area contributed by atoms with E-state index in [9.17, 15) is 14.7 Å². The first kappa shape index (κ1) is 15.0. The summed E-state index contributed by atoms with van der Waals surface area (Å²) in [7, 11) is 1.55. The fourth-order valence-corrected chi connectivity index (χ4v) is 2.37. The van der Waals surface area contributed by atoms with Gasteiger partial charge in [-0.2, -0.15) is 4.98 Å². The zero-order chi connectivity index (χ0) is 16.7. The summed E-state index contributed by atoms with van der Waals surface area (Å²) in [5, 5.41) is 12.4. The van der Waals surface area contributed by atoms with Crippen LogP contribution in [0.4, 0.5) is 5.82 Å². The molecular weight excluding hydrogens is 298 g/mol. The smallest absolute Gasteiger partial charge is 0.339 e. The number of hydrogen-bond acceptors (Lipinski definition) is 6. The number of pyridine rings is 2.